The van der Waals surface area contributed by atoms with E-state index in [0.717, 1.165) is 24.7 Å². The van der Waals surface area contributed by atoms with Crippen LogP contribution in [0, 0.1) is 6.92 Å². The molecule has 34 heavy (non-hydrogen) atoms. The summed E-state index contributed by atoms with van der Waals surface area (Å²) in [6.07, 6.45) is 1.43. The monoisotopic (exact) mass is 510 g/mol. The average molecular weight is 511 g/mol. The molecule has 8 nitrogen and oxygen atoms in total. The molecule has 1 amide bonds. The summed E-state index contributed by atoms with van der Waals surface area (Å²) >= 11 is 6.55. The Hall–Kier alpha value is -2.33. The van der Waals surface area contributed by atoms with Crippen LogP contribution >= 0.6 is 11.6 Å². The van der Waals surface area contributed by atoms with Crippen molar-refractivity contribution in [2.75, 3.05) is 12.9 Å². The van der Waals surface area contributed by atoms with E-state index in [-0.39, 0.29) is 12.6 Å². The van der Waals surface area contributed by atoms with Crippen LogP contribution in [0.5, 0.6) is 11.5 Å². The van der Waals surface area contributed by atoms with Gasteiger partial charge in [-0.2, -0.15) is 0 Å². The molecule has 2 aromatic carbocycles. The summed E-state index contributed by atoms with van der Waals surface area (Å²) < 4.78 is 36.8. The number of sulfonamides is 1. The summed E-state index contributed by atoms with van der Waals surface area (Å²) in [6, 6.07) is 8.46. The van der Waals surface area contributed by atoms with Crippen LogP contribution in [0.15, 0.2) is 30.3 Å². The highest BCUT2D eigenvalue weighted by atomic mass is 35.5. The van der Waals surface area contributed by atoms with Crippen LogP contribution in [-0.4, -0.2) is 44.4 Å². The zero-order valence-corrected chi connectivity index (χ0v) is 21.3. The second kappa shape index (κ2) is 10.9. The van der Waals surface area contributed by atoms with Gasteiger partial charge in [0.1, 0.15) is 23.6 Å². The lowest BCUT2D eigenvalue weighted by Crippen LogP contribution is -2.51. The van der Waals surface area contributed by atoms with Crippen molar-refractivity contribution in [3.8, 4) is 11.5 Å². The molecule has 1 aliphatic carbocycles. The molecule has 1 aliphatic rings. The number of ether oxygens (including phenoxy) is 2. The fraction of sp³-hybridized carbons (Fsp3) is 0.458. The molecule has 3 rings (SSSR count). The smallest absolute Gasteiger partial charge is 0.253 e. The van der Waals surface area contributed by atoms with Crippen LogP contribution in [0.2, 0.25) is 5.02 Å². The third-order valence-corrected chi connectivity index (χ3v) is 6.56. The van der Waals surface area contributed by atoms with Crippen LogP contribution in [-0.2, 0) is 27.8 Å². The number of hydrogen-bond donors (Lipinski definition) is 3. The SMILES string of the molecule is CCOc1cc(O[C@H]2CCc3c(C)cccc32)c(Cl)cc1CN[C@H](C(=O)NS(C)(=O)=O)[C@@H](C)O. The van der Waals surface area contributed by atoms with Gasteiger partial charge in [-0.25, -0.2) is 8.42 Å². The Labute approximate surface area is 205 Å². The van der Waals surface area contributed by atoms with Crippen LogP contribution in [0.1, 0.15) is 48.6 Å². The number of amides is 1. The van der Waals surface area contributed by atoms with Gasteiger partial charge in [-0.15, -0.1) is 0 Å². The van der Waals surface area contributed by atoms with Gasteiger partial charge in [-0.05, 0) is 56.4 Å². The molecule has 0 aliphatic heterocycles. The van der Waals surface area contributed by atoms with Crippen molar-refractivity contribution in [1.82, 2.24) is 10.0 Å². The highest BCUT2D eigenvalue weighted by Gasteiger charge is 2.28. The number of halogens is 1. The Morgan fingerprint density at radius 1 is 1.29 bits per heavy atom. The fourth-order valence-corrected chi connectivity index (χ4v) is 4.84. The Morgan fingerprint density at radius 2 is 2.03 bits per heavy atom. The Balaban J connectivity index is 1.80. The Morgan fingerprint density at radius 3 is 2.68 bits per heavy atom. The number of rotatable bonds is 10. The molecule has 0 heterocycles. The number of fused-ring (bicyclic) bond motifs is 1. The molecule has 0 radical (unpaired) electrons. The van der Waals surface area contributed by atoms with E-state index in [9.17, 15) is 18.3 Å². The van der Waals surface area contributed by atoms with E-state index in [1.165, 1.54) is 18.1 Å². The Kier molecular flexibility index (Phi) is 8.46. The van der Waals surface area contributed by atoms with Gasteiger partial charge in [0.15, 0.2) is 0 Å². The number of nitrogens with one attached hydrogen (secondary N) is 2. The van der Waals surface area contributed by atoms with Gasteiger partial charge in [-0.3, -0.25) is 14.8 Å². The van der Waals surface area contributed by atoms with Crippen molar-refractivity contribution >= 4 is 27.5 Å². The molecule has 0 bridgehead atoms. The van der Waals surface area contributed by atoms with E-state index in [1.54, 1.807) is 12.1 Å². The molecule has 2 aromatic rings. The first kappa shape index (κ1) is 26.3. The fourth-order valence-electron chi connectivity index (χ4n) is 4.12. The minimum Gasteiger partial charge on any atom is -0.493 e. The van der Waals surface area contributed by atoms with Crippen LogP contribution in [0.3, 0.4) is 0 Å². The van der Waals surface area contributed by atoms with Gasteiger partial charge in [0.25, 0.3) is 5.91 Å². The Bertz CT molecular complexity index is 1150. The topological polar surface area (TPSA) is 114 Å². The molecule has 186 valence electrons. The van der Waals surface area contributed by atoms with Gasteiger partial charge in [0.2, 0.25) is 10.0 Å². The molecule has 3 N–H and O–H groups in total. The molecule has 0 saturated carbocycles. The molecule has 0 spiro atoms. The van der Waals surface area contributed by atoms with Gasteiger partial charge in [-0.1, -0.05) is 29.8 Å². The van der Waals surface area contributed by atoms with Crippen LogP contribution in [0.25, 0.3) is 0 Å². The van der Waals surface area contributed by atoms with E-state index in [2.05, 4.69) is 24.4 Å². The predicted octanol–water partition coefficient (Wildman–Crippen LogP) is 3.03. The van der Waals surface area contributed by atoms with Gasteiger partial charge < -0.3 is 14.6 Å². The van der Waals surface area contributed by atoms with E-state index >= 15 is 0 Å². The summed E-state index contributed by atoms with van der Waals surface area (Å²) in [4.78, 5) is 12.3. The number of hydrogen-bond acceptors (Lipinski definition) is 7. The van der Waals surface area contributed by atoms with Crippen molar-refractivity contribution < 1.29 is 27.8 Å². The molecule has 0 aromatic heterocycles. The quantitative estimate of drug-likeness (QED) is 0.450. The number of aliphatic hydroxyl groups excluding tert-OH is 1. The van der Waals surface area contributed by atoms with E-state index in [4.69, 9.17) is 21.1 Å². The molecule has 10 heteroatoms. The van der Waals surface area contributed by atoms with E-state index in [1.807, 2.05) is 17.7 Å². The maximum Gasteiger partial charge on any atom is 0.253 e. The summed E-state index contributed by atoms with van der Waals surface area (Å²) in [6.45, 7) is 5.84. The molecule has 3 atom stereocenters. The first-order valence-corrected chi connectivity index (χ1v) is 13.4. The number of benzene rings is 2. The molecular weight excluding hydrogens is 480 g/mol. The number of carbonyl (C=O) groups excluding carboxylic acids is 1. The maximum absolute atomic E-state index is 12.3. The van der Waals surface area contributed by atoms with E-state index in [0.29, 0.717) is 28.7 Å². The number of aryl methyl sites for hydroxylation is 1. The second-order valence-corrected chi connectivity index (χ2v) is 10.6. The minimum atomic E-state index is -3.76. The van der Waals surface area contributed by atoms with Crippen LogP contribution < -0.4 is 19.5 Å². The summed E-state index contributed by atoms with van der Waals surface area (Å²) in [5.74, 6) is 0.163. The van der Waals surface area contributed by atoms with Gasteiger partial charge >= 0.3 is 0 Å². The predicted molar refractivity (Wildman–Crippen MR) is 131 cm³/mol. The molecule has 0 unspecified atom stereocenters. The summed E-state index contributed by atoms with van der Waals surface area (Å²) in [7, 11) is -3.76. The molecular formula is C24H31ClN2O6S. The summed E-state index contributed by atoms with van der Waals surface area (Å²) in [5, 5.41) is 13.3. The lowest BCUT2D eigenvalue weighted by Gasteiger charge is -2.22. The normalized spacial score (nSPS) is 17.1. The number of carbonyl (C=O) groups is 1. The summed E-state index contributed by atoms with van der Waals surface area (Å²) in [5.41, 5.74) is 4.36. The largest absolute Gasteiger partial charge is 0.493 e. The highest BCUT2D eigenvalue weighted by molar-refractivity contribution is 7.89. The zero-order chi connectivity index (χ0) is 25.0. The van der Waals surface area contributed by atoms with E-state index < -0.39 is 28.1 Å². The third kappa shape index (κ3) is 6.41. The van der Waals surface area contributed by atoms with Crippen molar-refractivity contribution in [1.29, 1.82) is 0 Å². The molecule has 0 saturated heterocycles. The highest BCUT2D eigenvalue weighted by Crippen LogP contribution is 2.40. The lowest BCUT2D eigenvalue weighted by molar-refractivity contribution is -0.123. The van der Waals surface area contributed by atoms with Crippen molar-refractivity contribution in [2.45, 2.75) is 58.4 Å². The molecule has 0 fully saturated rings. The van der Waals surface area contributed by atoms with Crippen LogP contribution in [0.4, 0.5) is 0 Å². The van der Waals surface area contributed by atoms with Crippen molar-refractivity contribution in [3.05, 3.63) is 57.6 Å². The maximum atomic E-state index is 12.3. The minimum absolute atomic E-state index is 0.105. The second-order valence-electron chi connectivity index (χ2n) is 8.45. The standard InChI is InChI=1S/C24H31ClN2O6S/c1-5-32-21-12-22(33-20-10-9-17-14(2)7-6-8-18(17)20)19(25)11-16(21)13-26-23(15(3)28)24(29)27-34(4,30)31/h6-8,11-12,15,20,23,26,28H,5,9-10,13H2,1-4H3,(H,27,29)/t15-,20+,23+/m1/s1. The average Bonchev–Trinajstić information content (AvgIpc) is 3.14. The van der Waals surface area contributed by atoms with Gasteiger partial charge in [0.05, 0.1) is 24.0 Å². The lowest BCUT2D eigenvalue weighted by atomic mass is 10.0. The first-order valence-electron chi connectivity index (χ1n) is 11.1. The first-order chi connectivity index (χ1) is 16.0. The third-order valence-electron chi connectivity index (χ3n) is 5.70. The van der Waals surface area contributed by atoms with Crippen molar-refractivity contribution in [2.24, 2.45) is 0 Å². The van der Waals surface area contributed by atoms with Gasteiger partial charge in [0, 0.05) is 18.2 Å². The van der Waals surface area contributed by atoms with Crippen molar-refractivity contribution in [3.63, 3.8) is 0 Å². The zero-order valence-electron chi connectivity index (χ0n) is 19.7. The number of aliphatic hydroxyl groups is 1.